The molecule has 0 amide bonds. The van der Waals surface area contributed by atoms with E-state index in [0.29, 0.717) is 11.8 Å². The van der Waals surface area contributed by atoms with Crippen LogP contribution in [0.25, 0.3) is 0 Å². The van der Waals surface area contributed by atoms with Crippen LogP contribution in [-0.2, 0) is 0 Å². The zero-order valence-electron chi connectivity index (χ0n) is 17.6. The fourth-order valence-corrected chi connectivity index (χ4v) is 4.87. The third-order valence-corrected chi connectivity index (χ3v) is 6.77. The first kappa shape index (κ1) is 20.2. The smallest absolute Gasteiger partial charge is 0.137 e. The molecule has 1 atom stereocenters. The van der Waals surface area contributed by atoms with E-state index in [4.69, 9.17) is 9.47 Å². The Morgan fingerprint density at radius 3 is 2.52 bits per heavy atom. The number of hydrogen-bond acceptors (Lipinski definition) is 3. The Morgan fingerprint density at radius 2 is 1.83 bits per heavy atom. The van der Waals surface area contributed by atoms with E-state index in [1.165, 1.54) is 30.9 Å². The molecular weight excluding hydrogens is 365 g/mol. The number of rotatable bonds is 8. The van der Waals surface area contributed by atoms with Crippen LogP contribution in [0.2, 0.25) is 0 Å². The van der Waals surface area contributed by atoms with Crippen LogP contribution >= 0.6 is 0 Å². The number of hydrogen-bond donors (Lipinski definition) is 0. The average molecular weight is 398 g/mol. The van der Waals surface area contributed by atoms with Crippen LogP contribution in [0.15, 0.2) is 36.7 Å². The highest BCUT2D eigenvalue weighted by molar-refractivity contribution is 5.32. The van der Waals surface area contributed by atoms with Gasteiger partial charge in [-0.2, -0.15) is 0 Å². The third kappa shape index (κ3) is 4.91. The fourth-order valence-electron chi connectivity index (χ4n) is 4.87. The summed E-state index contributed by atoms with van der Waals surface area (Å²) in [6, 6.07) is 7.26. The van der Waals surface area contributed by atoms with Crippen molar-refractivity contribution in [3.8, 4) is 11.5 Å². The Balaban J connectivity index is 1.30. The Kier molecular flexibility index (Phi) is 6.37. The summed E-state index contributed by atoms with van der Waals surface area (Å²) >= 11 is 0. The predicted octanol–water partition coefficient (Wildman–Crippen LogP) is 6.49. The highest BCUT2D eigenvalue weighted by Gasteiger charge is 2.31. The SMILES string of the molecule is CCC(c1cncc(OCC2CCC(c3cc(OC)ccc3F)CC2)c1)C1CC1. The van der Waals surface area contributed by atoms with Gasteiger partial charge in [-0.1, -0.05) is 6.92 Å². The summed E-state index contributed by atoms with van der Waals surface area (Å²) in [6.45, 7) is 2.98. The highest BCUT2D eigenvalue weighted by atomic mass is 19.1. The third-order valence-electron chi connectivity index (χ3n) is 6.77. The summed E-state index contributed by atoms with van der Waals surface area (Å²) < 4.78 is 25.7. The Morgan fingerprint density at radius 1 is 1.03 bits per heavy atom. The molecule has 1 heterocycles. The summed E-state index contributed by atoms with van der Waals surface area (Å²) in [5.74, 6) is 3.76. The van der Waals surface area contributed by atoms with Crippen LogP contribution < -0.4 is 9.47 Å². The van der Waals surface area contributed by atoms with E-state index in [1.807, 2.05) is 18.5 Å². The monoisotopic (exact) mass is 397 g/mol. The van der Waals surface area contributed by atoms with E-state index < -0.39 is 0 Å². The lowest BCUT2D eigenvalue weighted by Gasteiger charge is -2.29. The zero-order chi connectivity index (χ0) is 20.2. The van der Waals surface area contributed by atoms with Crippen LogP contribution in [0.3, 0.4) is 0 Å². The molecule has 4 rings (SSSR count). The van der Waals surface area contributed by atoms with Crippen LogP contribution in [0, 0.1) is 17.7 Å². The summed E-state index contributed by atoms with van der Waals surface area (Å²) in [5, 5.41) is 0. The summed E-state index contributed by atoms with van der Waals surface area (Å²) in [4.78, 5) is 4.43. The van der Waals surface area contributed by atoms with E-state index in [0.717, 1.165) is 55.3 Å². The van der Waals surface area contributed by atoms with Gasteiger partial charge in [0.05, 0.1) is 19.9 Å². The Labute approximate surface area is 173 Å². The molecule has 1 aromatic carbocycles. The maximum Gasteiger partial charge on any atom is 0.137 e. The number of aromatic nitrogens is 1. The predicted molar refractivity (Wildman–Crippen MR) is 113 cm³/mol. The molecule has 0 spiro atoms. The van der Waals surface area contributed by atoms with Gasteiger partial charge in [-0.05, 0) is 104 Å². The molecule has 3 nitrogen and oxygen atoms in total. The minimum atomic E-state index is -0.116. The van der Waals surface area contributed by atoms with Crippen LogP contribution in [-0.4, -0.2) is 18.7 Å². The molecule has 4 heteroatoms. The molecule has 29 heavy (non-hydrogen) atoms. The van der Waals surface area contributed by atoms with Crippen molar-refractivity contribution in [1.29, 1.82) is 0 Å². The normalized spacial score (nSPS) is 22.9. The van der Waals surface area contributed by atoms with Crippen molar-refractivity contribution in [1.82, 2.24) is 4.98 Å². The van der Waals surface area contributed by atoms with Gasteiger partial charge in [-0.15, -0.1) is 0 Å². The van der Waals surface area contributed by atoms with E-state index in [1.54, 1.807) is 13.2 Å². The van der Waals surface area contributed by atoms with Crippen molar-refractivity contribution in [3.63, 3.8) is 0 Å². The second kappa shape index (κ2) is 9.15. The Hall–Kier alpha value is -2.10. The van der Waals surface area contributed by atoms with Gasteiger partial charge in [-0.25, -0.2) is 4.39 Å². The van der Waals surface area contributed by atoms with E-state index in [2.05, 4.69) is 18.0 Å². The van der Waals surface area contributed by atoms with Gasteiger partial charge in [0, 0.05) is 6.20 Å². The van der Waals surface area contributed by atoms with Crippen LogP contribution in [0.1, 0.15) is 74.8 Å². The second-order valence-corrected chi connectivity index (χ2v) is 8.72. The number of benzene rings is 1. The van der Waals surface area contributed by atoms with Crippen molar-refractivity contribution in [2.24, 2.45) is 11.8 Å². The molecule has 2 aliphatic carbocycles. The van der Waals surface area contributed by atoms with Crippen LogP contribution in [0.5, 0.6) is 11.5 Å². The number of halogens is 1. The zero-order valence-corrected chi connectivity index (χ0v) is 17.6. The quantitative estimate of drug-likeness (QED) is 0.510. The molecule has 2 saturated carbocycles. The van der Waals surface area contributed by atoms with Crippen molar-refractivity contribution < 1.29 is 13.9 Å². The number of methoxy groups -OCH3 is 1. The molecule has 0 saturated heterocycles. The molecule has 1 aromatic heterocycles. The number of ether oxygens (including phenoxy) is 2. The van der Waals surface area contributed by atoms with Crippen molar-refractivity contribution in [2.75, 3.05) is 13.7 Å². The molecular formula is C25H32FNO2. The number of nitrogens with zero attached hydrogens (tertiary/aromatic N) is 1. The fraction of sp³-hybridized carbons (Fsp3) is 0.560. The van der Waals surface area contributed by atoms with Crippen molar-refractivity contribution >= 4 is 0 Å². The molecule has 0 N–H and O–H groups in total. The second-order valence-electron chi connectivity index (χ2n) is 8.72. The number of pyridine rings is 1. The molecule has 2 fully saturated rings. The first-order valence-corrected chi connectivity index (χ1v) is 11.1. The topological polar surface area (TPSA) is 31.4 Å². The van der Waals surface area contributed by atoms with Crippen LogP contribution in [0.4, 0.5) is 4.39 Å². The van der Waals surface area contributed by atoms with Gasteiger partial charge in [-0.3, -0.25) is 4.98 Å². The van der Waals surface area contributed by atoms with Crippen molar-refractivity contribution in [2.45, 2.75) is 63.7 Å². The molecule has 0 bridgehead atoms. The lowest BCUT2D eigenvalue weighted by Crippen LogP contribution is -2.20. The molecule has 1 unspecified atom stereocenters. The minimum Gasteiger partial charge on any atom is -0.497 e. The Bertz CT molecular complexity index is 812. The maximum atomic E-state index is 14.3. The molecule has 0 radical (unpaired) electrons. The molecule has 0 aliphatic heterocycles. The van der Waals surface area contributed by atoms with Gasteiger partial charge in [0.15, 0.2) is 0 Å². The van der Waals surface area contributed by atoms with E-state index in [9.17, 15) is 4.39 Å². The van der Waals surface area contributed by atoms with Crippen molar-refractivity contribution in [3.05, 3.63) is 53.6 Å². The van der Waals surface area contributed by atoms with E-state index in [-0.39, 0.29) is 11.7 Å². The van der Waals surface area contributed by atoms with Gasteiger partial charge in [0.25, 0.3) is 0 Å². The maximum absolute atomic E-state index is 14.3. The average Bonchev–Trinajstić information content (AvgIpc) is 3.59. The lowest BCUT2D eigenvalue weighted by molar-refractivity contribution is 0.198. The standard InChI is InChI=1S/C25H32FNO2/c1-3-23(18-8-9-18)20-12-22(15-27-14-20)29-16-17-4-6-19(7-5-17)24-13-21(28-2)10-11-25(24)26/h10-15,17-19,23H,3-9,16H2,1-2H3. The molecule has 2 aliphatic rings. The molecule has 2 aromatic rings. The summed E-state index contributed by atoms with van der Waals surface area (Å²) in [7, 11) is 1.63. The lowest BCUT2D eigenvalue weighted by atomic mass is 9.79. The van der Waals surface area contributed by atoms with Gasteiger partial charge in [0.1, 0.15) is 17.3 Å². The highest BCUT2D eigenvalue weighted by Crippen LogP contribution is 2.44. The van der Waals surface area contributed by atoms with Gasteiger partial charge < -0.3 is 9.47 Å². The summed E-state index contributed by atoms with van der Waals surface area (Å²) in [6.07, 6.45) is 11.8. The largest absolute Gasteiger partial charge is 0.497 e. The van der Waals surface area contributed by atoms with Gasteiger partial charge in [0.2, 0.25) is 0 Å². The van der Waals surface area contributed by atoms with E-state index >= 15 is 0 Å². The van der Waals surface area contributed by atoms with Gasteiger partial charge >= 0.3 is 0 Å². The minimum absolute atomic E-state index is 0.116. The summed E-state index contributed by atoms with van der Waals surface area (Å²) in [5.41, 5.74) is 2.12. The molecule has 156 valence electrons. The first-order valence-electron chi connectivity index (χ1n) is 11.1. The first-order chi connectivity index (χ1) is 14.2.